The lowest BCUT2D eigenvalue weighted by molar-refractivity contribution is -0.124. The van der Waals surface area contributed by atoms with Gasteiger partial charge in [0, 0.05) is 11.6 Å². The third-order valence-corrected chi connectivity index (χ3v) is 7.34. The highest BCUT2D eigenvalue weighted by atomic mass is 32.2. The molecule has 1 heterocycles. The molecule has 2 aliphatic rings. The number of para-hydroxylation sites is 1. The Kier molecular flexibility index (Phi) is 7.78. The van der Waals surface area contributed by atoms with Crippen LogP contribution in [0.1, 0.15) is 50.7 Å². The fraction of sp³-hybridized carbons (Fsp3) is 0.357. The molecule has 0 unspecified atom stereocenters. The van der Waals surface area contributed by atoms with Crippen molar-refractivity contribution >= 4 is 34.6 Å². The van der Waals surface area contributed by atoms with E-state index in [0.717, 1.165) is 41.2 Å². The van der Waals surface area contributed by atoms with E-state index in [9.17, 15) is 9.90 Å². The molecule has 2 atom stereocenters. The number of carbonyl (C=O) groups is 1. The van der Waals surface area contributed by atoms with Crippen LogP contribution in [0.4, 0.5) is 5.69 Å². The van der Waals surface area contributed by atoms with E-state index in [1.807, 2.05) is 54.3 Å². The zero-order chi connectivity index (χ0) is 24.1. The Balaban J connectivity index is 1.74. The van der Waals surface area contributed by atoms with Crippen molar-refractivity contribution in [2.24, 2.45) is 10.9 Å². The summed E-state index contributed by atoms with van der Waals surface area (Å²) < 4.78 is 5.65. The number of ether oxygens (including phenoxy) is 1. The highest BCUT2D eigenvalue weighted by molar-refractivity contribution is 8.18. The van der Waals surface area contributed by atoms with E-state index in [1.165, 1.54) is 18.2 Å². The highest BCUT2D eigenvalue weighted by Crippen LogP contribution is 2.41. The monoisotopic (exact) mass is 476 g/mol. The van der Waals surface area contributed by atoms with E-state index in [1.54, 1.807) is 12.1 Å². The van der Waals surface area contributed by atoms with Gasteiger partial charge in [-0.2, -0.15) is 0 Å². The van der Waals surface area contributed by atoms with Crippen LogP contribution < -0.4 is 4.74 Å². The van der Waals surface area contributed by atoms with Crippen molar-refractivity contribution in [3.8, 4) is 11.5 Å². The zero-order valence-electron chi connectivity index (χ0n) is 19.9. The Morgan fingerprint density at radius 2 is 2.00 bits per heavy atom. The second-order valence-corrected chi connectivity index (χ2v) is 9.81. The molecular weight excluding hydrogens is 444 g/mol. The molecule has 2 aromatic rings. The number of benzene rings is 2. The minimum Gasteiger partial charge on any atom is -0.504 e. The zero-order valence-corrected chi connectivity index (χ0v) is 20.7. The van der Waals surface area contributed by atoms with Gasteiger partial charge in [-0.05, 0) is 79.8 Å². The van der Waals surface area contributed by atoms with Gasteiger partial charge < -0.3 is 9.84 Å². The lowest BCUT2D eigenvalue weighted by Crippen LogP contribution is -2.44. The van der Waals surface area contributed by atoms with Crippen LogP contribution in [0.3, 0.4) is 0 Å². The fourth-order valence-corrected chi connectivity index (χ4v) is 5.70. The van der Waals surface area contributed by atoms with Gasteiger partial charge in [0.2, 0.25) is 0 Å². The smallest absolute Gasteiger partial charge is 0.267 e. The van der Waals surface area contributed by atoms with Crippen LogP contribution in [0.25, 0.3) is 6.08 Å². The predicted octanol–water partition coefficient (Wildman–Crippen LogP) is 6.70. The Bertz CT molecular complexity index is 1110. The normalized spacial score (nSPS) is 23.0. The molecule has 0 spiro atoms. The maximum atomic E-state index is 13.7. The average Bonchev–Trinajstić information content (AvgIpc) is 3.12. The van der Waals surface area contributed by atoms with Gasteiger partial charge in [-0.3, -0.25) is 9.69 Å². The molecule has 1 amide bonds. The number of rotatable bonds is 7. The lowest BCUT2D eigenvalue weighted by Gasteiger charge is -2.35. The molecule has 1 aliphatic heterocycles. The maximum Gasteiger partial charge on any atom is 0.267 e. The average molecular weight is 477 g/mol. The van der Waals surface area contributed by atoms with Crippen molar-refractivity contribution in [1.82, 2.24) is 4.90 Å². The van der Waals surface area contributed by atoms with Crippen molar-refractivity contribution in [3.05, 3.63) is 71.2 Å². The molecule has 0 bridgehead atoms. The van der Waals surface area contributed by atoms with E-state index < -0.39 is 0 Å². The van der Waals surface area contributed by atoms with Crippen LogP contribution in [-0.4, -0.2) is 33.7 Å². The van der Waals surface area contributed by atoms with Gasteiger partial charge in [-0.1, -0.05) is 44.0 Å². The van der Waals surface area contributed by atoms with Crippen molar-refractivity contribution in [3.63, 3.8) is 0 Å². The molecule has 1 aliphatic carbocycles. The van der Waals surface area contributed by atoms with E-state index in [-0.39, 0.29) is 17.7 Å². The summed E-state index contributed by atoms with van der Waals surface area (Å²) in [5, 5.41) is 11.3. The van der Waals surface area contributed by atoms with E-state index >= 15 is 0 Å². The van der Waals surface area contributed by atoms with E-state index in [0.29, 0.717) is 29.6 Å². The molecule has 34 heavy (non-hydrogen) atoms. The summed E-state index contributed by atoms with van der Waals surface area (Å²) >= 11 is 1.42. The van der Waals surface area contributed by atoms with E-state index in [4.69, 9.17) is 9.73 Å². The Labute approximate surface area is 206 Å². The third kappa shape index (κ3) is 5.22. The van der Waals surface area contributed by atoms with Crippen molar-refractivity contribution in [2.45, 2.75) is 52.0 Å². The van der Waals surface area contributed by atoms with Crippen molar-refractivity contribution in [2.75, 3.05) is 6.61 Å². The molecule has 6 heteroatoms. The summed E-state index contributed by atoms with van der Waals surface area (Å²) in [7, 11) is 0. The van der Waals surface area contributed by atoms with Gasteiger partial charge in [0.25, 0.3) is 5.91 Å². The molecule has 1 saturated heterocycles. The topological polar surface area (TPSA) is 62.1 Å². The summed E-state index contributed by atoms with van der Waals surface area (Å²) in [6.07, 6.45) is 8.59. The van der Waals surface area contributed by atoms with E-state index in [2.05, 4.69) is 13.5 Å². The molecule has 2 aromatic carbocycles. The molecule has 4 rings (SSSR count). The summed E-state index contributed by atoms with van der Waals surface area (Å²) in [4.78, 5) is 21.1. The number of hydrogen-bond donors (Lipinski definition) is 1. The summed E-state index contributed by atoms with van der Waals surface area (Å²) in [6.45, 7) is 8.34. The first-order chi connectivity index (χ1) is 16.5. The summed E-state index contributed by atoms with van der Waals surface area (Å²) in [5.41, 5.74) is 2.37. The number of phenolic OH excluding ortho intramolecular Hbond substituents is 1. The second kappa shape index (κ2) is 11.0. The predicted molar refractivity (Wildman–Crippen MR) is 141 cm³/mol. The number of aromatic hydroxyl groups is 1. The van der Waals surface area contributed by atoms with Crippen LogP contribution >= 0.6 is 11.8 Å². The molecule has 0 aromatic heterocycles. The largest absolute Gasteiger partial charge is 0.504 e. The number of hydrogen-bond acceptors (Lipinski definition) is 5. The van der Waals surface area contributed by atoms with Crippen LogP contribution in [0.15, 0.2) is 65.0 Å². The second-order valence-electron chi connectivity index (χ2n) is 8.80. The molecule has 5 nitrogen and oxygen atoms in total. The molecule has 1 saturated carbocycles. The molecule has 1 N–H and O–H groups in total. The van der Waals surface area contributed by atoms with Crippen LogP contribution in [0, 0.1) is 5.92 Å². The molecule has 2 fully saturated rings. The SMILES string of the molecule is C=CCc1cc(/C=C2\SC(=Nc3ccccc3)N([C@H]3CCCC[C@H]3C)C2=O)cc(OCC)c1O. The fourth-order valence-electron chi connectivity index (χ4n) is 4.65. The number of phenols is 1. The number of amides is 1. The standard InChI is InChI=1S/C28H32N2O3S/c1-4-11-21-16-20(17-24(26(21)31)33-5-2)18-25-27(32)30(23-15-10-9-12-19(23)3)28(34-25)29-22-13-7-6-8-14-22/h4,6-8,13-14,16-19,23,31H,1,5,9-12,15H2,2-3H3/b25-18-,29-28?/t19-,23+/m1/s1. The Morgan fingerprint density at radius 1 is 1.24 bits per heavy atom. The summed E-state index contributed by atoms with van der Waals surface area (Å²) in [5.74, 6) is 0.962. The van der Waals surface area contributed by atoms with Crippen molar-refractivity contribution in [1.29, 1.82) is 0 Å². The molecule has 178 valence electrons. The number of amidine groups is 1. The highest BCUT2D eigenvalue weighted by Gasteiger charge is 2.41. The number of thioether (sulfide) groups is 1. The quantitative estimate of drug-likeness (QED) is 0.357. The van der Waals surface area contributed by atoms with Crippen LogP contribution in [0.2, 0.25) is 0 Å². The minimum atomic E-state index is -0.00487. The third-order valence-electron chi connectivity index (χ3n) is 6.35. The molecule has 0 radical (unpaired) electrons. The van der Waals surface area contributed by atoms with Gasteiger partial charge in [0.05, 0.1) is 17.2 Å². The first-order valence-electron chi connectivity index (χ1n) is 12.0. The van der Waals surface area contributed by atoms with Gasteiger partial charge >= 0.3 is 0 Å². The Morgan fingerprint density at radius 3 is 2.71 bits per heavy atom. The Hall–Kier alpha value is -2.99. The lowest BCUT2D eigenvalue weighted by atomic mass is 9.85. The van der Waals surface area contributed by atoms with Gasteiger partial charge in [-0.25, -0.2) is 4.99 Å². The number of carbonyl (C=O) groups excluding carboxylic acids is 1. The number of allylic oxidation sites excluding steroid dienone is 1. The first kappa shape index (κ1) is 24.1. The van der Waals surface area contributed by atoms with Gasteiger partial charge in [-0.15, -0.1) is 6.58 Å². The first-order valence-corrected chi connectivity index (χ1v) is 12.8. The van der Waals surface area contributed by atoms with Crippen molar-refractivity contribution < 1.29 is 14.6 Å². The summed E-state index contributed by atoms with van der Waals surface area (Å²) in [6, 6.07) is 13.6. The van der Waals surface area contributed by atoms with Crippen LogP contribution in [-0.2, 0) is 11.2 Å². The molecular formula is C28H32N2O3S. The number of nitrogens with zero attached hydrogens (tertiary/aromatic N) is 2. The van der Waals surface area contributed by atoms with Gasteiger partial charge in [0.1, 0.15) is 0 Å². The minimum absolute atomic E-state index is 0.00487. The number of aliphatic imine (C=N–C) groups is 1. The van der Waals surface area contributed by atoms with Gasteiger partial charge in [0.15, 0.2) is 16.7 Å². The maximum absolute atomic E-state index is 13.7. The van der Waals surface area contributed by atoms with Crippen LogP contribution in [0.5, 0.6) is 11.5 Å².